The second kappa shape index (κ2) is 5.56. The summed E-state index contributed by atoms with van der Waals surface area (Å²) in [6.07, 6.45) is 1.16. The fourth-order valence-electron chi connectivity index (χ4n) is 1.56. The molecule has 100 valence electrons. The SMILES string of the molecule is O=C(OC1CCOCC1)c1csc(S(=O)(=O)Cl)c1. The Hall–Kier alpha value is -0.630. The molecule has 1 saturated heterocycles. The van der Waals surface area contributed by atoms with E-state index in [1.54, 1.807) is 0 Å². The summed E-state index contributed by atoms with van der Waals surface area (Å²) in [5, 5.41) is 1.43. The highest BCUT2D eigenvalue weighted by Crippen LogP contribution is 2.24. The van der Waals surface area contributed by atoms with E-state index in [1.165, 1.54) is 11.4 Å². The second-order valence-corrected chi connectivity index (χ2v) is 7.51. The van der Waals surface area contributed by atoms with E-state index in [1.807, 2.05) is 0 Å². The summed E-state index contributed by atoms with van der Waals surface area (Å²) in [5.74, 6) is -0.523. The summed E-state index contributed by atoms with van der Waals surface area (Å²) in [6.45, 7) is 1.14. The Kier molecular flexibility index (Phi) is 4.26. The van der Waals surface area contributed by atoms with Crippen LogP contribution in [0.5, 0.6) is 0 Å². The van der Waals surface area contributed by atoms with Gasteiger partial charge in [0.2, 0.25) is 0 Å². The molecule has 0 amide bonds. The van der Waals surface area contributed by atoms with Crippen molar-refractivity contribution in [1.82, 2.24) is 0 Å². The topological polar surface area (TPSA) is 69.7 Å². The molecule has 2 heterocycles. The normalized spacial score (nSPS) is 17.6. The van der Waals surface area contributed by atoms with Crippen molar-refractivity contribution in [3.05, 3.63) is 17.0 Å². The summed E-state index contributed by atoms with van der Waals surface area (Å²) in [7, 11) is 1.40. The molecule has 1 aromatic rings. The van der Waals surface area contributed by atoms with Gasteiger partial charge >= 0.3 is 5.97 Å². The minimum Gasteiger partial charge on any atom is -0.459 e. The molecule has 18 heavy (non-hydrogen) atoms. The number of halogens is 1. The van der Waals surface area contributed by atoms with Gasteiger partial charge in [-0.25, -0.2) is 13.2 Å². The Labute approximate surface area is 113 Å². The zero-order valence-corrected chi connectivity index (χ0v) is 11.7. The van der Waals surface area contributed by atoms with Crippen LogP contribution >= 0.6 is 22.0 Å². The van der Waals surface area contributed by atoms with Gasteiger partial charge in [0.15, 0.2) is 0 Å². The van der Waals surface area contributed by atoms with Gasteiger partial charge in [-0.1, -0.05) is 0 Å². The lowest BCUT2D eigenvalue weighted by Crippen LogP contribution is -2.25. The van der Waals surface area contributed by atoms with Crippen molar-refractivity contribution >= 4 is 37.0 Å². The molecule has 2 rings (SSSR count). The Bertz CT molecular complexity index is 530. The Morgan fingerprint density at radius 1 is 1.44 bits per heavy atom. The molecule has 8 heteroatoms. The van der Waals surface area contributed by atoms with Crippen molar-refractivity contribution in [3.63, 3.8) is 0 Å². The highest BCUT2D eigenvalue weighted by Gasteiger charge is 2.22. The van der Waals surface area contributed by atoms with Gasteiger partial charge in [-0.15, -0.1) is 11.3 Å². The number of ether oxygens (including phenoxy) is 2. The fraction of sp³-hybridized carbons (Fsp3) is 0.500. The van der Waals surface area contributed by atoms with Gasteiger partial charge in [0.05, 0.1) is 18.8 Å². The van der Waals surface area contributed by atoms with E-state index < -0.39 is 15.0 Å². The summed E-state index contributed by atoms with van der Waals surface area (Å²) >= 11 is 0.901. The van der Waals surface area contributed by atoms with Crippen molar-refractivity contribution in [2.75, 3.05) is 13.2 Å². The van der Waals surface area contributed by atoms with E-state index in [-0.39, 0.29) is 15.9 Å². The standard InChI is InChI=1S/C10H11ClO5S2/c11-18(13,14)9-5-7(6-17-9)10(12)16-8-1-3-15-4-2-8/h5-6,8H,1-4H2. The number of hydrogen-bond donors (Lipinski definition) is 0. The quantitative estimate of drug-likeness (QED) is 0.631. The second-order valence-electron chi connectivity index (χ2n) is 3.81. The molecule has 1 fully saturated rings. The van der Waals surface area contributed by atoms with Crippen molar-refractivity contribution in [2.45, 2.75) is 23.2 Å². The first-order chi connectivity index (χ1) is 8.47. The minimum atomic E-state index is -3.79. The predicted molar refractivity (Wildman–Crippen MR) is 66.6 cm³/mol. The predicted octanol–water partition coefficient (Wildman–Crippen LogP) is 2.01. The lowest BCUT2D eigenvalue weighted by Gasteiger charge is -2.21. The third kappa shape index (κ3) is 3.44. The van der Waals surface area contributed by atoms with Crippen LogP contribution in [0.4, 0.5) is 0 Å². The molecule has 0 atom stereocenters. The van der Waals surface area contributed by atoms with Gasteiger partial charge in [-0.2, -0.15) is 0 Å². The lowest BCUT2D eigenvalue weighted by atomic mass is 10.1. The average Bonchev–Trinajstić information content (AvgIpc) is 2.79. The van der Waals surface area contributed by atoms with Crippen LogP contribution in [0.15, 0.2) is 15.7 Å². The molecular weight excluding hydrogens is 300 g/mol. The first-order valence-corrected chi connectivity index (χ1v) is 8.47. The van der Waals surface area contributed by atoms with E-state index in [2.05, 4.69) is 0 Å². The molecular formula is C10H11ClO5S2. The van der Waals surface area contributed by atoms with Crippen LogP contribution in [0.1, 0.15) is 23.2 Å². The van der Waals surface area contributed by atoms with Crippen LogP contribution in [0, 0.1) is 0 Å². The molecule has 0 unspecified atom stereocenters. The van der Waals surface area contributed by atoms with Crippen molar-refractivity contribution in [1.29, 1.82) is 0 Å². The number of carbonyl (C=O) groups is 1. The lowest BCUT2D eigenvalue weighted by molar-refractivity contribution is -0.0158. The van der Waals surface area contributed by atoms with E-state index in [0.29, 0.717) is 26.1 Å². The van der Waals surface area contributed by atoms with Gasteiger partial charge in [0, 0.05) is 28.9 Å². The third-order valence-electron chi connectivity index (χ3n) is 2.49. The van der Waals surface area contributed by atoms with Crippen molar-refractivity contribution < 1.29 is 22.7 Å². The van der Waals surface area contributed by atoms with Crippen LogP contribution in [0.2, 0.25) is 0 Å². The summed E-state index contributed by atoms with van der Waals surface area (Å²) in [4.78, 5) is 11.8. The zero-order chi connectivity index (χ0) is 13.2. The Morgan fingerprint density at radius 2 is 2.11 bits per heavy atom. The number of thiophene rings is 1. The van der Waals surface area contributed by atoms with Gasteiger partial charge in [0.1, 0.15) is 10.3 Å². The fourth-order valence-corrected chi connectivity index (χ4v) is 3.50. The Balaban J connectivity index is 2.02. The van der Waals surface area contributed by atoms with Crippen LogP contribution in [0.25, 0.3) is 0 Å². The monoisotopic (exact) mass is 310 g/mol. The van der Waals surface area contributed by atoms with Gasteiger partial charge in [-0.05, 0) is 6.07 Å². The van der Waals surface area contributed by atoms with E-state index in [4.69, 9.17) is 20.2 Å². The maximum absolute atomic E-state index is 11.8. The molecule has 0 saturated carbocycles. The third-order valence-corrected chi connectivity index (χ3v) is 5.53. The molecule has 0 aromatic carbocycles. The molecule has 0 spiro atoms. The maximum Gasteiger partial charge on any atom is 0.339 e. The number of carbonyl (C=O) groups excluding carboxylic acids is 1. The molecule has 0 aliphatic carbocycles. The number of rotatable bonds is 3. The summed E-state index contributed by atoms with van der Waals surface area (Å²) < 4.78 is 32.5. The van der Waals surface area contributed by atoms with Gasteiger partial charge in [-0.3, -0.25) is 0 Å². The molecule has 1 aromatic heterocycles. The number of hydrogen-bond acceptors (Lipinski definition) is 6. The van der Waals surface area contributed by atoms with E-state index >= 15 is 0 Å². The van der Waals surface area contributed by atoms with E-state index in [9.17, 15) is 13.2 Å². The van der Waals surface area contributed by atoms with Crippen LogP contribution < -0.4 is 0 Å². The van der Waals surface area contributed by atoms with E-state index in [0.717, 1.165) is 11.3 Å². The molecule has 0 radical (unpaired) electrons. The van der Waals surface area contributed by atoms with Gasteiger partial charge < -0.3 is 9.47 Å². The molecule has 5 nitrogen and oxygen atoms in total. The summed E-state index contributed by atoms with van der Waals surface area (Å²) in [6, 6.07) is 1.23. The summed E-state index contributed by atoms with van der Waals surface area (Å²) in [5.41, 5.74) is 0.214. The van der Waals surface area contributed by atoms with Crippen LogP contribution in [-0.4, -0.2) is 33.7 Å². The maximum atomic E-state index is 11.8. The molecule has 0 bridgehead atoms. The van der Waals surface area contributed by atoms with Crippen LogP contribution in [-0.2, 0) is 18.5 Å². The first-order valence-electron chi connectivity index (χ1n) is 5.29. The Morgan fingerprint density at radius 3 is 2.67 bits per heavy atom. The molecule has 0 N–H and O–H groups in total. The molecule has 1 aliphatic rings. The largest absolute Gasteiger partial charge is 0.459 e. The highest BCUT2D eigenvalue weighted by atomic mass is 35.7. The van der Waals surface area contributed by atoms with Crippen LogP contribution in [0.3, 0.4) is 0 Å². The highest BCUT2D eigenvalue weighted by molar-refractivity contribution is 8.15. The minimum absolute atomic E-state index is 0.0527. The number of esters is 1. The average molecular weight is 311 g/mol. The van der Waals surface area contributed by atoms with Crippen molar-refractivity contribution in [2.24, 2.45) is 0 Å². The van der Waals surface area contributed by atoms with Gasteiger partial charge in [0.25, 0.3) is 9.05 Å². The first kappa shape index (κ1) is 13.8. The zero-order valence-electron chi connectivity index (χ0n) is 9.30. The van der Waals surface area contributed by atoms with Crippen molar-refractivity contribution in [3.8, 4) is 0 Å². The smallest absolute Gasteiger partial charge is 0.339 e. The molecule has 1 aliphatic heterocycles.